The van der Waals surface area contributed by atoms with Crippen LogP contribution in [0.5, 0.6) is 0 Å². The fraction of sp³-hybridized carbons (Fsp3) is 0.375. The zero-order valence-electron chi connectivity index (χ0n) is 12.8. The molecular formula is C16H18N4O2S. The van der Waals surface area contributed by atoms with E-state index in [-0.39, 0.29) is 11.8 Å². The van der Waals surface area contributed by atoms with Gasteiger partial charge < -0.3 is 10.0 Å². The molecule has 0 aliphatic carbocycles. The van der Waals surface area contributed by atoms with Crippen LogP contribution < -0.4 is 0 Å². The van der Waals surface area contributed by atoms with Crippen molar-refractivity contribution in [2.45, 2.75) is 17.6 Å². The molecule has 0 radical (unpaired) electrons. The molecule has 6 nitrogen and oxygen atoms in total. The average Bonchev–Trinajstić information content (AvgIpc) is 2.96. The molecule has 0 unspecified atom stereocenters. The molecule has 2 aromatic rings. The van der Waals surface area contributed by atoms with E-state index in [0.717, 1.165) is 5.69 Å². The summed E-state index contributed by atoms with van der Waals surface area (Å²) < 4.78 is 0. The van der Waals surface area contributed by atoms with E-state index in [1.165, 1.54) is 11.8 Å². The Hall–Kier alpha value is -1.99. The predicted octanol–water partition coefficient (Wildman–Crippen LogP) is 1.27. The van der Waals surface area contributed by atoms with Gasteiger partial charge in [-0.3, -0.25) is 14.8 Å². The van der Waals surface area contributed by atoms with Crippen molar-refractivity contribution >= 4 is 17.7 Å². The molecule has 0 spiro atoms. The van der Waals surface area contributed by atoms with E-state index in [1.807, 2.05) is 6.26 Å². The third kappa shape index (κ3) is 3.51. The second-order valence-corrected chi connectivity index (χ2v) is 6.29. The molecule has 120 valence electrons. The Bertz CT molecular complexity index is 683. The van der Waals surface area contributed by atoms with Crippen LogP contribution in [0.25, 0.3) is 0 Å². The number of carbonyl (C=O) groups excluding carboxylic acids is 1. The molecule has 1 aliphatic rings. The number of aliphatic hydroxyl groups excluding tert-OH is 1. The van der Waals surface area contributed by atoms with Crippen molar-refractivity contribution in [2.75, 3.05) is 19.3 Å². The van der Waals surface area contributed by atoms with Gasteiger partial charge in [-0.1, -0.05) is 0 Å². The first kappa shape index (κ1) is 15.9. The number of amides is 1. The first-order chi connectivity index (χ1) is 11.2. The number of pyridine rings is 1. The minimum absolute atomic E-state index is 0.0231. The second-order valence-electron chi connectivity index (χ2n) is 5.50. The van der Waals surface area contributed by atoms with Crippen LogP contribution in [-0.2, 0) is 6.42 Å². The van der Waals surface area contributed by atoms with Crippen LogP contribution >= 0.6 is 11.8 Å². The number of thioether (sulfide) groups is 1. The summed E-state index contributed by atoms with van der Waals surface area (Å²) in [5.41, 5.74) is 1.42. The van der Waals surface area contributed by atoms with Gasteiger partial charge in [0.15, 0.2) is 0 Å². The lowest BCUT2D eigenvalue weighted by Gasteiger charge is -2.17. The van der Waals surface area contributed by atoms with Crippen molar-refractivity contribution in [1.29, 1.82) is 0 Å². The zero-order chi connectivity index (χ0) is 16.2. The van der Waals surface area contributed by atoms with Gasteiger partial charge in [0.2, 0.25) is 0 Å². The molecule has 3 heterocycles. The summed E-state index contributed by atoms with van der Waals surface area (Å²) in [5, 5.41) is 11.0. The molecule has 2 aromatic heterocycles. The van der Waals surface area contributed by atoms with Gasteiger partial charge in [0.25, 0.3) is 5.91 Å². The van der Waals surface area contributed by atoms with E-state index < -0.39 is 6.10 Å². The lowest BCUT2D eigenvalue weighted by atomic mass is 10.0. The summed E-state index contributed by atoms with van der Waals surface area (Å²) in [6.07, 6.45) is 8.60. The Morgan fingerprint density at radius 3 is 2.96 bits per heavy atom. The summed E-state index contributed by atoms with van der Waals surface area (Å²) in [5.74, 6) is -0.104. The number of aliphatic hydroxyl groups is 1. The average molecular weight is 330 g/mol. The third-order valence-corrected chi connectivity index (χ3v) is 4.69. The van der Waals surface area contributed by atoms with Gasteiger partial charge in [0.1, 0.15) is 5.03 Å². The molecule has 7 heteroatoms. The second kappa shape index (κ2) is 7.06. The number of hydrogen-bond donors (Lipinski definition) is 1. The Balaban J connectivity index is 1.72. The largest absolute Gasteiger partial charge is 0.391 e. The molecule has 2 atom stereocenters. The van der Waals surface area contributed by atoms with Crippen molar-refractivity contribution in [3.8, 4) is 0 Å². The number of rotatable bonds is 4. The van der Waals surface area contributed by atoms with Gasteiger partial charge in [-0.25, -0.2) is 4.98 Å². The number of carbonyl (C=O) groups is 1. The molecule has 0 bridgehead atoms. The van der Waals surface area contributed by atoms with E-state index in [9.17, 15) is 9.90 Å². The van der Waals surface area contributed by atoms with Gasteiger partial charge in [-0.05, 0) is 24.8 Å². The molecule has 1 N–H and O–H groups in total. The fourth-order valence-electron chi connectivity index (χ4n) is 2.81. The maximum absolute atomic E-state index is 12.7. The first-order valence-corrected chi connectivity index (χ1v) is 8.62. The molecular weight excluding hydrogens is 312 g/mol. The summed E-state index contributed by atoms with van der Waals surface area (Å²) in [6.45, 7) is 0.853. The topological polar surface area (TPSA) is 79.2 Å². The summed E-state index contributed by atoms with van der Waals surface area (Å²) in [6, 6.07) is 3.54. The van der Waals surface area contributed by atoms with Gasteiger partial charge in [0.05, 0.1) is 17.4 Å². The third-order valence-electron chi connectivity index (χ3n) is 3.98. The van der Waals surface area contributed by atoms with Crippen molar-refractivity contribution in [3.05, 3.63) is 48.2 Å². The molecule has 0 saturated carbocycles. The normalized spacial score (nSPS) is 20.7. The number of likely N-dealkylation sites (tertiary alicyclic amines) is 1. The number of β-amino-alcohol motifs (C(OH)–C–C–N with tert-alkyl or cyclic N) is 1. The van der Waals surface area contributed by atoms with Crippen LogP contribution in [0.2, 0.25) is 0 Å². The molecule has 1 saturated heterocycles. The highest BCUT2D eigenvalue weighted by atomic mass is 32.2. The van der Waals surface area contributed by atoms with Crippen LogP contribution in [0.1, 0.15) is 16.1 Å². The fourth-order valence-corrected chi connectivity index (χ4v) is 3.35. The van der Waals surface area contributed by atoms with E-state index in [1.54, 1.807) is 41.8 Å². The highest BCUT2D eigenvalue weighted by Gasteiger charge is 2.35. The lowest BCUT2D eigenvalue weighted by molar-refractivity contribution is 0.0760. The Morgan fingerprint density at radius 1 is 1.35 bits per heavy atom. The lowest BCUT2D eigenvalue weighted by Crippen LogP contribution is -2.30. The SMILES string of the molecule is CSc1ncccc1C(=O)N1C[C@@H](Cc2cnccn2)[C@H](O)C1. The van der Waals surface area contributed by atoms with E-state index in [0.29, 0.717) is 30.1 Å². The standard InChI is InChI=1S/C16H18N4O2S/c1-23-15-13(3-2-4-19-15)16(22)20-9-11(14(21)10-20)7-12-8-17-5-6-18-12/h2-6,8,11,14,21H,7,9-10H2,1H3/t11-,14-/m1/s1. The Kier molecular flexibility index (Phi) is 4.88. The van der Waals surface area contributed by atoms with Crippen LogP contribution in [0, 0.1) is 5.92 Å². The summed E-state index contributed by atoms with van der Waals surface area (Å²) in [7, 11) is 0. The van der Waals surface area contributed by atoms with E-state index >= 15 is 0 Å². The number of hydrogen-bond acceptors (Lipinski definition) is 6. The number of aromatic nitrogens is 3. The smallest absolute Gasteiger partial charge is 0.256 e. The maximum Gasteiger partial charge on any atom is 0.256 e. The monoisotopic (exact) mass is 330 g/mol. The van der Waals surface area contributed by atoms with Crippen LogP contribution in [0.4, 0.5) is 0 Å². The molecule has 0 aromatic carbocycles. The molecule has 1 amide bonds. The molecule has 3 rings (SSSR count). The van der Waals surface area contributed by atoms with Gasteiger partial charge in [0, 0.05) is 43.8 Å². The molecule has 23 heavy (non-hydrogen) atoms. The van der Waals surface area contributed by atoms with Crippen molar-refractivity contribution < 1.29 is 9.90 Å². The van der Waals surface area contributed by atoms with Crippen LogP contribution in [0.3, 0.4) is 0 Å². The van der Waals surface area contributed by atoms with E-state index in [2.05, 4.69) is 15.0 Å². The van der Waals surface area contributed by atoms with Crippen molar-refractivity contribution in [1.82, 2.24) is 19.9 Å². The summed E-state index contributed by atoms with van der Waals surface area (Å²) >= 11 is 1.45. The van der Waals surface area contributed by atoms with Crippen LogP contribution in [-0.4, -0.2) is 56.3 Å². The quantitative estimate of drug-likeness (QED) is 0.851. The Morgan fingerprint density at radius 2 is 2.22 bits per heavy atom. The van der Waals surface area contributed by atoms with Gasteiger partial charge in [-0.2, -0.15) is 0 Å². The minimum Gasteiger partial charge on any atom is -0.391 e. The summed E-state index contributed by atoms with van der Waals surface area (Å²) in [4.78, 5) is 26.9. The van der Waals surface area contributed by atoms with Gasteiger partial charge >= 0.3 is 0 Å². The van der Waals surface area contributed by atoms with Crippen LogP contribution in [0.15, 0.2) is 41.9 Å². The maximum atomic E-state index is 12.7. The first-order valence-electron chi connectivity index (χ1n) is 7.40. The highest BCUT2D eigenvalue weighted by Crippen LogP contribution is 2.25. The minimum atomic E-state index is -0.546. The molecule has 1 aliphatic heterocycles. The van der Waals surface area contributed by atoms with Gasteiger partial charge in [-0.15, -0.1) is 11.8 Å². The van der Waals surface area contributed by atoms with Crippen molar-refractivity contribution in [3.63, 3.8) is 0 Å². The highest BCUT2D eigenvalue weighted by molar-refractivity contribution is 7.98. The molecule has 1 fully saturated rings. The zero-order valence-corrected chi connectivity index (χ0v) is 13.6. The Labute approximate surface area is 139 Å². The number of nitrogens with zero attached hydrogens (tertiary/aromatic N) is 4. The predicted molar refractivity (Wildman–Crippen MR) is 87.2 cm³/mol. The van der Waals surface area contributed by atoms with E-state index in [4.69, 9.17) is 0 Å². The van der Waals surface area contributed by atoms with Crippen molar-refractivity contribution in [2.24, 2.45) is 5.92 Å².